The minimum absolute atomic E-state index is 0.774. The maximum Gasteiger partial charge on any atom is 0.143 e. The Balaban J connectivity index is 1.22. The Morgan fingerprint density at radius 3 is 2.08 bits per heavy atom. The first-order chi connectivity index (χ1) is 23.7. The summed E-state index contributed by atoms with van der Waals surface area (Å²) >= 11 is 0. The fourth-order valence-corrected chi connectivity index (χ4v) is 8.33. The van der Waals surface area contributed by atoms with Gasteiger partial charge in [0.05, 0.1) is 17.7 Å². The summed E-state index contributed by atoms with van der Waals surface area (Å²) in [4.78, 5) is 2.45. The second-order valence-electron chi connectivity index (χ2n) is 12.9. The van der Waals surface area contributed by atoms with Crippen LogP contribution in [0.3, 0.4) is 0 Å². The summed E-state index contributed by atoms with van der Waals surface area (Å²) in [7, 11) is 2.23. The van der Waals surface area contributed by atoms with Crippen LogP contribution < -0.4 is 10.4 Å². The number of hydrogen-bond donors (Lipinski definition) is 0. The Morgan fingerprint density at radius 1 is 0.521 bits per heavy atom. The SMILES string of the molecule is Bc1c(N(c2ccc3oc4ccccc4c3c2)c2cccc3c2Cn2c4ccccc4c4cccc-3c42)ccc2oc3ccccc3c12. The highest BCUT2D eigenvalue weighted by atomic mass is 16.3. The molecule has 0 spiro atoms. The van der Waals surface area contributed by atoms with Crippen molar-refractivity contribution in [3.8, 4) is 11.1 Å². The standard InChI is InChI=1S/C43H27BN2O2/c44-42-36(20-22-40-41(42)31-11-3-6-18-38(31)48-40)46(25-19-21-39-32(23-25)28-10-2-5-17-37(28)47-39)35-16-8-12-26-29-13-7-14-30-27-9-1-4-15-34(27)45(43(29)30)24-33(26)35/h1-23H,24,44H2. The Morgan fingerprint density at radius 2 is 1.19 bits per heavy atom. The summed E-state index contributed by atoms with van der Waals surface area (Å²) in [6.07, 6.45) is 0. The van der Waals surface area contributed by atoms with Gasteiger partial charge in [0.2, 0.25) is 0 Å². The van der Waals surface area contributed by atoms with E-state index in [4.69, 9.17) is 8.83 Å². The second-order valence-corrected chi connectivity index (χ2v) is 12.9. The van der Waals surface area contributed by atoms with Crippen LogP contribution >= 0.6 is 0 Å². The highest BCUT2D eigenvalue weighted by molar-refractivity contribution is 6.45. The number of anilines is 3. The van der Waals surface area contributed by atoms with Gasteiger partial charge in [-0.1, -0.05) is 90.4 Å². The van der Waals surface area contributed by atoms with Crippen LogP contribution in [-0.2, 0) is 6.54 Å². The van der Waals surface area contributed by atoms with Gasteiger partial charge in [-0.05, 0) is 60.2 Å². The number of aromatic nitrogens is 1. The maximum atomic E-state index is 6.33. The second kappa shape index (κ2) is 9.43. The van der Waals surface area contributed by atoms with Gasteiger partial charge in [0.15, 0.2) is 0 Å². The smallest absolute Gasteiger partial charge is 0.143 e. The van der Waals surface area contributed by atoms with E-state index < -0.39 is 0 Å². The highest BCUT2D eigenvalue weighted by Crippen LogP contribution is 2.47. The average Bonchev–Trinajstić information content (AvgIpc) is 3.80. The molecule has 48 heavy (non-hydrogen) atoms. The van der Waals surface area contributed by atoms with Crippen molar-refractivity contribution in [2.45, 2.75) is 6.54 Å². The predicted octanol–water partition coefficient (Wildman–Crippen LogP) is 10.4. The molecule has 0 radical (unpaired) electrons. The molecular formula is C43H27BN2O2. The molecule has 11 rings (SSSR count). The van der Waals surface area contributed by atoms with Gasteiger partial charge < -0.3 is 18.3 Å². The van der Waals surface area contributed by atoms with Gasteiger partial charge >= 0.3 is 0 Å². The molecular weight excluding hydrogens is 587 g/mol. The van der Waals surface area contributed by atoms with Gasteiger partial charge in [-0.15, -0.1) is 0 Å². The summed E-state index contributed by atoms with van der Waals surface area (Å²) in [6.45, 7) is 0.774. The van der Waals surface area contributed by atoms with Gasteiger partial charge in [-0.25, -0.2) is 0 Å². The van der Waals surface area contributed by atoms with E-state index in [0.29, 0.717) is 0 Å². The van der Waals surface area contributed by atoms with Crippen molar-refractivity contribution in [1.82, 2.24) is 4.57 Å². The highest BCUT2D eigenvalue weighted by Gasteiger charge is 2.28. The molecule has 0 amide bonds. The summed E-state index contributed by atoms with van der Waals surface area (Å²) in [5, 5.41) is 7.11. The molecule has 0 bridgehead atoms. The molecule has 10 aromatic rings. The number of fused-ring (bicyclic) bond motifs is 11. The van der Waals surface area contributed by atoms with Crippen LogP contribution in [-0.4, -0.2) is 12.4 Å². The molecule has 224 valence electrons. The maximum absolute atomic E-state index is 6.33. The average molecular weight is 615 g/mol. The fourth-order valence-electron chi connectivity index (χ4n) is 8.33. The topological polar surface area (TPSA) is 34.5 Å². The van der Waals surface area contributed by atoms with Crippen LogP contribution in [0, 0.1) is 0 Å². The Bertz CT molecular complexity index is 2960. The minimum Gasteiger partial charge on any atom is -0.456 e. The van der Waals surface area contributed by atoms with Crippen LogP contribution in [0.15, 0.2) is 148 Å². The lowest BCUT2D eigenvalue weighted by atomic mass is 9.87. The molecule has 0 saturated heterocycles. The molecule has 1 aliphatic heterocycles. The van der Waals surface area contributed by atoms with E-state index in [2.05, 4.69) is 139 Å². The first kappa shape index (κ1) is 25.9. The Kier molecular flexibility index (Phi) is 5.09. The van der Waals surface area contributed by atoms with Crippen molar-refractivity contribution in [1.29, 1.82) is 0 Å². The van der Waals surface area contributed by atoms with Gasteiger partial charge in [0, 0.05) is 60.3 Å². The fraction of sp³-hybridized carbons (Fsp3) is 0.0233. The number of nitrogens with zero attached hydrogens (tertiary/aromatic N) is 2. The normalized spacial score (nSPS) is 12.6. The molecule has 0 fully saturated rings. The van der Waals surface area contributed by atoms with Crippen LogP contribution in [0.25, 0.3) is 76.8 Å². The van der Waals surface area contributed by atoms with Gasteiger partial charge in [0.1, 0.15) is 30.2 Å². The van der Waals surface area contributed by atoms with Crippen molar-refractivity contribution in [3.05, 3.63) is 145 Å². The molecule has 0 unspecified atom stereocenters. The van der Waals surface area contributed by atoms with Crippen molar-refractivity contribution in [3.63, 3.8) is 0 Å². The number of hydrogen-bond acceptors (Lipinski definition) is 3. The Hall–Kier alpha value is -6.20. The molecule has 5 heteroatoms. The first-order valence-corrected chi connectivity index (χ1v) is 16.5. The monoisotopic (exact) mass is 614 g/mol. The largest absolute Gasteiger partial charge is 0.456 e. The zero-order chi connectivity index (χ0) is 31.5. The quantitative estimate of drug-likeness (QED) is 0.186. The Labute approximate surface area is 276 Å². The zero-order valence-electron chi connectivity index (χ0n) is 26.2. The lowest BCUT2D eigenvalue weighted by Crippen LogP contribution is -2.22. The molecule has 0 aliphatic carbocycles. The lowest BCUT2D eigenvalue weighted by Gasteiger charge is -2.32. The van der Waals surface area contributed by atoms with E-state index >= 15 is 0 Å². The van der Waals surface area contributed by atoms with Crippen molar-refractivity contribution >= 4 is 96.1 Å². The number of benzene rings is 7. The molecule has 0 atom stereocenters. The van der Waals surface area contributed by atoms with E-state index in [1.54, 1.807) is 0 Å². The summed E-state index contributed by atoms with van der Waals surface area (Å²) < 4.78 is 15.1. The number of furan rings is 2. The third kappa shape index (κ3) is 3.40. The van der Waals surface area contributed by atoms with Crippen molar-refractivity contribution in [2.75, 3.05) is 4.90 Å². The third-order valence-electron chi connectivity index (χ3n) is 10.4. The molecule has 0 saturated carbocycles. The zero-order valence-corrected chi connectivity index (χ0v) is 26.2. The minimum atomic E-state index is 0.774. The van der Waals surface area contributed by atoms with Crippen LogP contribution in [0.2, 0.25) is 0 Å². The molecule has 4 heterocycles. The third-order valence-corrected chi connectivity index (χ3v) is 10.4. The molecule has 7 aromatic carbocycles. The molecule has 3 aromatic heterocycles. The van der Waals surface area contributed by atoms with Gasteiger partial charge in [-0.3, -0.25) is 0 Å². The van der Waals surface area contributed by atoms with E-state index in [1.165, 1.54) is 44.0 Å². The van der Waals surface area contributed by atoms with Crippen molar-refractivity contribution in [2.24, 2.45) is 0 Å². The molecule has 1 aliphatic rings. The van der Waals surface area contributed by atoms with Gasteiger partial charge in [0.25, 0.3) is 0 Å². The summed E-state index contributed by atoms with van der Waals surface area (Å²) in [5.74, 6) is 0. The number of rotatable bonds is 3. The molecule has 0 N–H and O–H groups in total. The van der Waals surface area contributed by atoms with Crippen molar-refractivity contribution < 1.29 is 8.83 Å². The van der Waals surface area contributed by atoms with Crippen LogP contribution in [0.4, 0.5) is 17.1 Å². The van der Waals surface area contributed by atoms with Crippen LogP contribution in [0.5, 0.6) is 0 Å². The van der Waals surface area contributed by atoms with E-state index in [9.17, 15) is 0 Å². The van der Waals surface area contributed by atoms with E-state index in [-0.39, 0.29) is 0 Å². The lowest BCUT2D eigenvalue weighted by molar-refractivity contribution is 0.668. The summed E-state index contributed by atoms with van der Waals surface area (Å²) in [6, 6.07) is 49.9. The summed E-state index contributed by atoms with van der Waals surface area (Å²) in [5.41, 5.74) is 14.6. The van der Waals surface area contributed by atoms with Crippen LogP contribution in [0.1, 0.15) is 5.56 Å². The molecule has 4 nitrogen and oxygen atoms in total. The van der Waals surface area contributed by atoms with Gasteiger partial charge in [-0.2, -0.15) is 0 Å². The van der Waals surface area contributed by atoms with E-state index in [1.807, 2.05) is 18.2 Å². The number of para-hydroxylation sites is 4. The first-order valence-electron chi connectivity index (χ1n) is 16.5. The predicted molar refractivity (Wildman–Crippen MR) is 201 cm³/mol. The van der Waals surface area contributed by atoms with E-state index in [0.717, 1.165) is 67.5 Å².